The number of nitrogens with zero attached hydrogens (tertiary/aromatic N) is 6. The van der Waals surface area contributed by atoms with Crippen LogP contribution in [0.1, 0.15) is 117 Å². The molecule has 2 saturated heterocycles. The summed E-state index contributed by atoms with van der Waals surface area (Å²) in [5, 5.41) is 16.8. The van der Waals surface area contributed by atoms with E-state index in [2.05, 4.69) is 46.3 Å². The van der Waals surface area contributed by atoms with Gasteiger partial charge in [-0.3, -0.25) is 19.2 Å². The Kier molecular flexibility index (Phi) is 12.0. The highest BCUT2D eigenvalue weighted by atomic mass is 16.6. The number of carbonyl (C=O) groups excluding carboxylic acids is 4. The third-order valence-electron chi connectivity index (χ3n) is 15.1. The normalized spacial score (nSPS) is 29.3. The Hall–Kier alpha value is -5.45. The average molecular weight is 920 g/mol. The van der Waals surface area contributed by atoms with Crippen LogP contribution < -0.4 is 19.5 Å². The van der Waals surface area contributed by atoms with Crippen molar-refractivity contribution < 1.29 is 43.2 Å². The molecule has 2 aromatic rings. The Labute approximate surface area is 392 Å². The van der Waals surface area contributed by atoms with E-state index in [0.29, 0.717) is 77.8 Å². The Morgan fingerprint density at radius 3 is 2.45 bits per heavy atom. The molecule has 2 amide bonds. The minimum absolute atomic E-state index is 0.0138. The molecule has 16 heteroatoms. The van der Waals surface area contributed by atoms with Crippen LogP contribution in [0.2, 0.25) is 0 Å². The van der Waals surface area contributed by atoms with Crippen LogP contribution in [0.15, 0.2) is 52.3 Å². The lowest BCUT2D eigenvalue weighted by Crippen LogP contribution is -2.79. The van der Waals surface area contributed by atoms with Gasteiger partial charge in [0, 0.05) is 68.5 Å². The number of benzene rings is 1. The number of ketones is 1. The predicted molar refractivity (Wildman–Crippen MR) is 250 cm³/mol. The monoisotopic (exact) mass is 919 g/mol. The number of ether oxygens (including phenoxy) is 4. The van der Waals surface area contributed by atoms with Gasteiger partial charge in [-0.1, -0.05) is 29.4 Å². The highest BCUT2D eigenvalue weighted by molar-refractivity contribution is 6.14. The van der Waals surface area contributed by atoms with E-state index in [4.69, 9.17) is 23.9 Å². The molecule has 10 rings (SSSR count). The van der Waals surface area contributed by atoms with Crippen molar-refractivity contribution in [2.24, 2.45) is 22.7 Å². The molecular formula is C51H65N7O9. The molecule has 16 nitrogen and oxygen atoms in total. The summed E-state index contributed by atoms with van der Waals surface area (Å²) < 4.78 is 30.6. The number of Topliss-reactive ketones (excluding diaryl/α,β-unsaturated/α-hetero) is 1. The van der Waals surface area contributed by atoms with Crippen LogP contribution in [0.5, 0.6) is 17.2 Å². The molecule has 0 radical (unpaired) electrons. The van der Waals surface area contributed by atoms with Crippen LogP contribution in [0.3, 0.4) is 0 Å². The van der Waals surface area contributed by atoms with Crippen molar-refractivity contribution in [3.05, 3.63) is 64.0 Å². The molecule has 7 atom stereocenters. The fraction of sp³-hybridized carbons (Fsp3) is 0.588. The highest BCUT2D eigenvalue weighted by Crippen LogP contribution is 2.73. The maximum Gasteiger partial charge on any atom is 0.311 e. The lowest BCUT2D eigenvalue weighted by molar-refractivity contribution is -0.207. The number of aromatic nitrogens is 3. The third kappa shape index (κ3) is 7.67. The van der Waals surface area contributed by atoms with Crippen molar-refractivity contribution in [1.29, 1.82) is 0 Å². The second-order valence-electron chi connectivity index (χ2n) is 20.7. The van der Waals surface area contributed by atoms with Crippen molar-refractivity contribution in [2.75, 3.05) is 46.4 Å². The zero-order valence-electron chi connectivity index (χ0n) is 40.4. The zero-order valence-corrected chi connectivity index (χ0v) is 40.4. The van der Waals surface area contributed by atoms with E-state index in [1.807, 2.05) is 53.8 Å². The van der Waals surface area contributed by atoms with E-state index in [0.717, 1.165) is 25.1 Å². The molecule has 5 fully saturated rings. The molecule has 358 valence electrons. The van der Waals surface area contributed by atoms with E-state index in [1.165, 1.54) is 11.9 Å². The standard InChI is InChI=1S/C51H65N7O9/c1-29(2)11-10-18-49(8)19-17-33-42(65-49)32(13-12-30(3)4)44-38(43(33)64-37(61)15-14-36(60)57-24-22-56(9)23-25-57)40-39-41(58-47(55-40)53-28-54-58)34-27-35-48(6,7)67-50(45(34)62,51(35,39)66-44)20-16-31(5)46(63)52-21-26-59/h11-12,16-17,19,28,34-35,39,41,59H,10,13-15,18,20-27H2,1-9H3,(H,52,63). The second kappa shape index (κ2) is 17.3. The number of aliphatic imine (C=N–C) groups is 1. The van der Waals surface area contributed by atoms with E-state index in [-0.39, 0.29) is 61.7 Å². The van der Waals surface area contributed by atoms with Crippen LogP contribution >= 0.6 is 0 Å². The lowest BCUT2D eigenvalue weighted by atomic mass is 9.44. The summed E-state index contributed by atoms with van der Waals surface area (Å²) in [4.78, 5) is 70.5. The summed E-state index contributed by atoms with van der Waals surface area (Å²) in [6.45, 7) is 18.5. The quantitative estimate of drug-likeness (QED) is 0.101. The second-order valence-corrected chi connectivity index (χ2v) is 20.7. The number of amides is 2. The number of allylic oxidation sites excluding steroid dienone is 4. The number of esters is 1. The number of fused-ring (bicyclic) bond motifs is 4. The van der Waals surface area contributed by atoms with Crippen molar-refractivity contribution in [3.8, 4) is 17.2 Å². The van der Waals surface area contributed by atoms with Gasteiger partial charge in [0.25, 0.3) is 0 Å². The van der Waals surface area contributed by atoms with Crippen LogP contribution in [-0.2, 0) is 30.3 Å². The molecule has 2 N–H and O–H groups in total. The Morgan fingerprint density at radius 1 is 0.985 bits per heavy atom. The Morgan fingerprint density at radius 2 is 1.73 bits per heavy atom. The molecule has 1 aromatic heterocycles. The van der Waals surface area contributed by atoms with E-state index >= 15 is 4.79 Å². The molecular weight excluding hydrogens is 855 g/mol. The third-order valence-corrected chi connectivity index (χ3v) is 15.1. The molecule has 3 aliphatic carbocycles. The van der Waals surface area contributed by atoms with Gasteiger partial charge in [-0.2, -0.15) is 10.1 Å². The van der Waals surface area contributed by atoms with Crippen molar-refractivity contribution in [2.45, 2.75) is 129 Å². The first-order valence-electron chi connectivity index (χ1n) is 23.9. The van der Waals surface area contributed by atoms with Gasteiger partial charge in [0.1, 0.15) is 23.4 Å². The summed E-state index contributed by atoms with van der Waals surface area (Å²) in [7, 11) is 2.03. The van der Waals surface area contributed by atoms with Gasteiger partial charge in [-0.25, -0.2) is 9.67 Å². The van der Waals surface area contributed by atoms with Gasteiger partial charge < -0.3 is 39.2 Å². The lowest BCUT2D eigenvalue weighted by Gasteiger charge is -2.64. The van der Waals surface area contributed by atoms with E-state index in [9.17, 15) is 19.5 Å². The van der Waals surface area contributed by atoms with Gasteiger partial charge >= 0.3 is 5.97 Å². The topological polar surface area (TPSA) is 187 Å². The molecule has 8 aliphatic rings. The fourth-order valence-corrected chi connectivity index (χ4v) is 11.9. The largest absolute Gasteiger partial charge is 0.482 e. The number of aliphatic hydroxyl groups excluding tert-OH is 1. The molecule has 7 unspecified atom stereocenters. The van der Waals surface area contributed by atoms with Crippen molar-refractivity contribution in [3.63, 3.8) is 0 Å². The SMILES string of the molecule is CC(C)=CCCC1(C)C=Cc2c(c(CC=C(C)C)c3c(c2OC(=O)CCC(=O)N2CCN(C)CC2)C2=Nc4ncnn4C4C5CC6C(C)(C)OC(CC=C(C)C(=O)NCCO)(C5=O)C6(O3)C24)O1. The highest BCUT2D eigenvalue weighted by Gasteiger charge is 2.86. The van der Waals surface area contributed by atoms with Gasteiger partial charge in [-0.15, -0.1) is 0 Å². The number of carbonyl (C=O) groups is 4. The van der Waals surface area contributed by atoms with Crippen LogP contribution in [-0.4, -0.2) is 128 Å². The van der Waals surface area contributed by atoms with Crippen molar-refractivity contribution in [1.82, 2.24) is 29.9 Å². The van der Waals surface area contributed by atoms with Crippen LogP contribution in [0, 0.1) is 17.8 Å². The molecule has 1 aromatic carbocycles. The first-order valence-corrected chi connectivity index (χ1v) is 23.9. The van der Waals surface area contributed by atoms with Gasteiger partial charge in [0.2, 0.25) is 17.8 Å². The number of rotatable bonds is 14. The Bertz CT molecular complexity index is 2560. The fourth-order valence-electron chi connectivity index (χ4n) is 11.9. The van der Waals surface area contributed by atoms with Gasteiger partial charge in [0.15, 0.2) is 22.7 Å². The number of hydrogen-bond acceptors (Lipinski definition) is 13. The number of hydrogen-bond donors (Lipinski definition) is 2. The Balaban J connectivity index is 1.26. The summed E-state index contributed by atoms with van der Waals surface area (Å²) in [5.41, 5.74) is 0.265. The number of nitrogens with one attached hydrogen (secondary N) is 1. The number of aliphatic hydroxyl groups is 1. The van der Waals surface area contributed by atoms with E-state index < -0.39 is 46.3 Å². The maximum absolute atomic E-state index is 15.6. The number of likely N-dealkylation sites (N-methyl/N-ethyl adjacent to an activating group) is 1. The van der Waals surface area contributed by atoms with Gasteiger partial charge in [0.05, 0.1) is 47.4 Å². The molecule has 1 spiro atoms. The minimum atomic E-state index is -1.59. The molecule has 4 bridgehead atoms. The summed E-state index contributed by atoms with van der Waals surface area (Å²) in [6.07, 6.45) is 13.6. The van der Waals surface area contributed by atoms with Crippen LogP contribution in [0.4, 0.5) is 5.95 Å². The molecule has 67 heavy (non-hydrogen) atoms. The maximum atomic E-state index is 15.6. The predicted octanol–water partition coefficient (Wildman–Crippen LogP) is 5.79. The molecule has 5 aliphatic heterocycles. The first-order chi connectivity index (χ1) is 31.8. The van der Waals surface area contributed by atoms with Crippen molar-refractivity contribution >= 4 is 41.3 Å². The molecule has 3 saturated carbocycles. The summed E-state index contributed by atoms with van der Waals surface area (Å²) >= 11 is 0. The summed E-state index contributed by atoms with van der Waals surface area (Å²) in [5.74, 6) is -1.41. The summed E-state index contributed by atoms with van der Waals surface area (Å²) in [6, 6.07) is -0.572. The minimum Gasteiger partial charge on any atom is -0.482 e. The number of piperazine rings is 1. The van der Waals surface area contributed by atoms with Gasteiger partial charge in [-0.05, 0) is 100 Å². The molecule has 6 heterocycles. The zero-order chi connectivity index (χ0) is 47.8. The van der Waals surface area contributed by atoms with Crippen LogP contribution in [0.25, 0.3) is 6.08 Å². The first kappa shape index (κ1) is 46.7. The van der Waals surface area contributed by atoms with E-state index in [1.54, 1.807) is 22.6 Å². The average Bonchev–Trinajstić information content (AvgIpc) is 3.81. The smallest absolute Gasteiger partial charge is 0.311 e.